The summed E-state index contributed by atoms with van der Waals surface area (Å²) in [5, 5.41) is 4.82. The molecule has 0 amide bonds. The lowest BCUT2D eigenvalue weighted by Gasteiger charge is -2.33. The van der Waals surface area contributed by atoms with Crippen molar-refractivity contribution >= 4 is 0 Å². The van der Waals surface area contributed by atoms with Crippen LogP contribution in [0.1, 0.15) is 56.5 Å². The Morgan fingerprint density at radius 1 is 1.41 bits per heavy atom. The van der Waals surface area contributed by atoms with E-state index in [1.165, 1.54) is 36.2 Å². The van der Waals surface area contributed by atoms with Crippen LogP contribution in [0.5, 0.6) is 0 Å². The van der Waals surface area contributed by atoms with Gasteiger partial charge >= 0.3 is 0 Å². The predicted octanol–water partition coefficient (Wildman–Crippen LogP) is 2.62. The van der Waals surface area contributed by atoms with Crippen LogP contribution in [0.15, 0.2) is 0 Å². The van der Waals surface area contributed by atoms with E-state index >= 15 is 0 Å². The first-order valence-electron chi connectivity index (χ1n) is 6.71. The topological polar surface area (TPSA) is 43.8 Å². The van der Waals surface area contributed by atoms with Crippen molar-refractivity contribution in [2.45, 2.75) is 59.4 Å². The summed E-state index contributed by atoms with van der Waals surface area (Å²) in [6.45, 7) is 10.7. The quantitative estimate of drug-likeness (QED) is 0.856. The van der Waals surface area contributed by atoms with E-state index in [0.717, 1.165) is 6.54 Å². The fourth-order valence-corrected chi connectivity index (χ4v) is 3.00. The highest BCUT2D eigenvalue weighted by Gasteiger charge is 2.34. The van der Waals surface area contributed by atoms with Crippen molar-refractivity contribution in [2.24, 2.45) is 11.1 Å². The molecule has 0 saturated carbocycles. The largest absolute Gasteiger partial charge is 0.329 e. The lowest BCUT2D eigenvalue weighted by Crippen LogP contribution is -2.23. The minimum absolute atomic E-state index is 0.309. The average molecular weight is 235 g/mol. The van der Waals surface area contributed by atoms with E-state index in [1.807, 2.05) is 0 Å². The van der Waals surface area contributed by atoms with Gasteiger partial charge in [-0.25, -0.2) is 0 Å². The smallest absolute Gasteiger partial charge is 0.0695 e. The number of rotatable bonds is 2. The molecular weight excluding hydrogens is 210 g/mol. The van der Waals surface area contributed by atoms with E-state index in [1.54, 1.807) is 0 Å². The summed E-state index contributed by atoms with van der Waals surface area (Å²) in [6.07, 6.45) is 3.76. The molecule has 17 heavy (non-hydrogen) atoms. The van der Waals surface area contributed by atoms with Crippen LogP contribution < -0.4 is 5.73 Å². The average Bonchev–Trinajstić information content (AvgIpc) is 2.55. The zero-order valence-corrected chi connectivity index (χ0v) is 11.6. The van der Waals surface area contributed by atoms with Gasteiger partial charge < -0.3 is 5.73 Å². The molecular formula is C14H25N3. The number of nitrogens with zero attached hydrogens (tertiary/aromatic N) is 2. The van der Waals surface area contributed by atoms with Gasteiger partial charge in [-0.3, -0.25) is 4.68 Å². The first-order valence-corrected chi connectivity index (χ1v) is 6.71. The second kappa shape index (κ2) is 4.45. The van der Waals surface area contributed by atoms with Gasteiger partial charge in [0.2, 0.25) is 0 Å². The number of hydrogen-bond acceptors (Lipinski definition) is 2. The molecule has 0 radical (unpaired) electrons. The molecule has 1 atom stereocenters. The Balaban J connectivity index is 2.41. The Bertz CT molecular complexity index is 398. The molecule has 0 spiro atoms. The van der Waals surface area contributed by atoms with Crippen molar-refractivity contribution in [1.82, 2.24) is 9.78 Å². The van der Waals surface area contributed by atoms with Crippen LogP contribution in [0.3, 0.4) is 0 Å². The maximum atomic E-state index is 5.65. The van der Waals surface area contributed by atoms with Gasteiger partial charge in [-0.15, -0.1) is 0 Å². The molecule has 1 aliphatic rings. The number of nitrogens with two attached hydrogens (primary N) is 1. The third-order valence-electron chi connectivity index (χ3n) is 4.00. The van der Waals surface area contributed by atoms with Gasteiger partial charge in [-0.2, -0.15) is 5.10 Å². The van der Waals surface area contributed by atoms with Gasteiger partial charge in [0, 0.05) is 18.2 Å². The van der Waals surface area contributed by atoms with Crippen LogP contribution in [-0.2, 0) is 13.0 Å². The zero-order chi connectivity index (χ0) is 12.6. The SMILES string of the molecule is Cc1c2c(nn1CCN)C(C(C)(C)C)CCC2. The summed E-state index contributed by atoms with van der Waals surface area (Å²) in [5.74, 6) is 0.601. The highest BCUT2D eigenvalue weighted by atomic mass is 15.3. The third-order valence-corrected chi connectivity index (χ3v) is 4.00. The Morgan fingerprint density at radius 2 is 2.12 bits per heavy atom. The van der Waals surface area contributed by atoms with Gasteiger partial charge in [0.25, 0.3) is 0 Å². The molecule has 0 aliphatic heterocycles. The highest BCUT2D eigenvalue weighted by Crippen LogP contribution is 2.43. The molecule has 96 valence electrons. The molecule has 1 aromatic heterocycles. The van der Waals surface area contributed by atoms with Crippen LogP contribution in [0.4, 0.5) is 0 Å². The van der Waals surface area contributed by atoms with Crippen LogP contribution in [0.25, 0.3) is 0 Å². The Kier molecular flexibility index (Phi) is 3.30. The number of hydrogen-bond donors (Lipinski definition) is 1. The van der Waals surface area contributed by atoms with Gasteiger partial charge in [0.1, 0.15) is 0 Å². The second-order valence-electron chi connectivity index (χ2n) is 6.27. The fourth-order valence-electron chi connectivity index (χ4n) is 3.00. The molecule has 1 aromatic rings. The van der Waals surface area contributed by atoms with E-state index in [0.29, 0.717) is 17.9 Å². The van der Waals surface area contributed by atoms with Crippen molar-refractivity contribution in [2.75, 3.05) is 6.54 Å². The van der Waals surface area contributed by atoms with Crippen LogP contribution in [0, 0.1) is 12.3 Å². The van der Waals surface area contributed by atoms with E-state index in [9.17, 15) is 0 Å². The third kappa shape index (κ3) is 2.25. The molecule has 1 unspecified atom stereocenters. The van der Waals surface area contributed by atoms with Crippen LogP contribution in [-0.4, -0.2) is 16.3 Å². The van der Waals surface area contributed by atoms with Crippen molar-refractivity contribution in [3.63, 3.8) is 0 Å². The van der Waals surface area contributed by atoms with Gasteiger partial charge in [0.15, 0.2) is 0 Å². The van der Waals surface area contributed by atoms with Crippen molar-refractivity contribution in [3.05, 3.63) is 17.0 Å². The monoisotopic (exact) mass is 235 g/mol. The Labute approximate surface area is 104 Å². The summed E-state index contributed by atoms with van der Waals surface area (Å²) in [5.41, 5.74) is 10.1. The fraction of sp³-hybridized carbons (Fsp3) is 0.786. The summed E-state index contributed by atoms with van der Waals surface area (Å²) >= 11 is 0. The van der Waals surface area contributed by atoms with Crippen molar-refractivity contribution in [1.29, 1.82) is 0 Å². The molecule has 1 heterocycles. The molecule has 0 fully saturated rings. The second-order valence-corrected chi connectivity index (χ2v) is 6.27. The maximum absolute atomic E-state index is 5.65. The predicted molar refractivity (Wildman–Crippen MR) is 71.2 cm³/mol. The van der Waals surface area contributed by atoms with E-state index in [2.05, 4.69) is 32.4 Å². The normalized spacial score (nSPS) is 20.4. The van der Waals surface area contributed by atoms with Crippen LogP contribution >= 0.6 is 0 Å². The molecule has 2 N–H and O–H groups in total. The van der Waals surface area contributed by atoms with Crippen molar-refractivity contribution in [3.8, 4) is 0 Å². The number of aromatic nitrogens is 2. The molecule has 0 aromatic carbocycles. The molecule has 0 bridgehead atoms. The molecule has 1 aliphatic carbocycles. The van der Waals surface area contributed by atoms with Crippen molar-refractivity contribution < 1.29 is 0 Å². The lowest BCUT2D eigenvalue weighted by molar-refractivity contribution is 0.283. The standard InChI is InChI=1S/C14H25N3/c1-10-11-6-5-7-12(14(2,3)4)13(11)16-17(10)9-8-15/h12H,5-9,15H2,1-4H3. The molecule has 0 saturated heterocycles. The van der Waals surface area contributed by atoms with E-state index in [-0.39, 0.29) is 0 Å². The van der Waals surface area contributed by atoms with E-state index < -0.39 is 0 Å². The van der Waals surface area contributed by atoms with Gasteiger partial charge in [-0.05, 0) is 37.2 Å². The number of fused-ring (bicyclic) bond motifs is 1. The Morgan fingerprint density at radius 3 is 2.71 bits per heavy atom. The summed E-state index contributed by atoms with van der Waals surface area (Å²) in [6, 6.07) is 0. The summed E-state index contributed by atoms with van der Waals surface area (Å²) in [4.78, 5) is 0. The van der Waals surface area contributed by atoms with Crippen LogP contribution in [0.2, 0.25) is 0 Å². The first kappa shape index (κ1) is 12.6. The minimum Gasteiger partial charge on any atom is -0.329 e. The van der Waals surface area contributed by atoms with Gasteiger partial charge in [0.05, 0.1) is 12.2 Å². The zero-order valence-electron chi connectivity index (χ0n) is 11.6. The van der Waals surface area contributed by atoms with E-state index in [4.69, 9.17) is 10.8 Å². The summed E-state index contributed by atoms with van der Waals surface area (Å²) in [7, 11) is 0. The maximum Gasteiger partial charge on any atom is 0.0695 e. The molecule has 3 nitrogen and oxygen atoms in total. The first-order chi connectivity index (χ1) is 7.95. The Hall–Kier alpha value is -0.830. The highest BCUT2D eigenvalue weighted by molar-refractivity contribution is 5.32. The lowest BCUT2D eigenvalue weighted by atomic mass is 9.72. The summed E-state index contributed by atoms with van der Waals surface area (Å²) < 4.78 is 2.11. The molecule has 3 heteroatoms. The molecule has 2 rings (SSSR count). The van der Waals surface area contributed by atoms with Gasteiger partial charge in [-0.1, -0.05) is 20.8 Å². The minimum atomic E-state index is 0.309.